The summed E-state index contributed by atoms with van der Waals surface area (Å²) in [6.07, 6.45) is 1.37. The van der Waals surface area contributed by atoms with Gasteiger partial charge in [0.15, 0.2) is 0 Å². The van der Waals surface area contributed by atoms with Crippen LogP contribution in [-0.2, 0) is 4.79 Å². The van der Waals surface area contributed by atoms with Gasteiger partial charge in [-0.15, -0.1) is 0 Å². The second-order valence-corrected chi connectivity index (χ2v) is 3.06. The SMILES string of the molecule is C=CC(=O)N1CC(N(C)C)C1. The van der Waals surface area contributed by atoms with Gasteiger partial charge in [-0.2, -0.15) is 0 Å². The van der Waals surface area contributed by atoms with Crippen LogP contribution in [0.4, 0.5) is 0 Å². The van der Waals surface area contributed by atoms with Crippen molar-refractivity contribution in [1.29, 1.82) is 0 Å². The summed E-state index contributed by atoms with van der Waals surface area (Å²) in [5.41, 5.74) is 0. The molecular formula is C8H14N2O. The van der Waals surface area contributed by atoms with Gasteiger partial charge >= 0.3 is 0 Å². The van der Waals surface area contributed by atoms with Crippen molar-refractivity contribution in [1.82, 2.24) is 9.80 Å². The van der Waals surface area contributed by atoms with E-state index in [1.54, 1.807) is 4.90 Å². The van der Waals surface area contributed by atoms with Crippen molar-refractivity contribution < 1.29 is 4.79 Å². The molecule has 0 aromatic heterocycles. The summed E-state index contributed by atoms with van der Waals surface area (Å²) < 4.78 is 0. The van der Waals surface area contributed by atoms with Crippen molar-refractivity contribution in [2.75, 3.05) is 27.2 Å². The molecule has 0 radical (unpaired) electrons. The van der Waals surface area contributed by atoms with Crippen molar-refractivity contribution in [2.24, 2.45) is 0 Å². The van der Waals surface area contributed by atoms with Crippen LogP contribution in [0.1, 0.15) is 0 Å². The number of likely N-dealkylation sites (N-methyl/N-ethyl adjacent to an activating group) is 1. The summed E-state index contributed by atoms with van der Waals surface area (Å²) in [5.74, 6) is 0.0445. The summed E-state index contributed by atoms with van der Waals surface area (Å²) in [4.78, 5) is 14.9. The topological polar surface area (TPSA) is 23.6 Å². The molecule has 3 heteroatoms. The maximum atomic E-state index is 11.0. The third-order valence-electron chi connectivity index (χ3n) is 2.08. The number of rotatable bonds is 2. The highest BCUT2D eigenvalue weighted by atomic mass is 16.2. The third kappa shape index (κ3) is 1.60. The molecule has 1 aliphatic heterocycles. The Kier molecular flexibility index (Phi) is 2.29. The maximum absolute atomic E-state index is 11.0. The molecule has 0 unspecified atom stereocenters. The molecular weight excluding hydrogens is 140 g/mol. The predicted molar refractivity (Wildman–Crippen MR) is 44.3 cm³/mol. The second kappa shape index (κ2) is 3.05. The molecule has 0 aromatic rings. The van der Waals surface area contributed by atoms with Crippen LogP contribution in [0, 0.1) is 0 Å². The van der Waals surface area contributed by atoms with Crippen LogP contribution in [0.25, 0.3) is 0 Å². The Hall–Kier alpha value is -0.830. The van der Waals surface area contributed by atoms with Crippen LogP contribution in [0.5, 0.6) is 0 Å². The predicted octanol–water partition coefficient (Wildman–Crippen LogP) is -0.0552. The Morgan fingerprint density at radius 2 is 2.18 bits per heavy atom. The van der Waals surface area contributed by atoms with E-state index in [-0.39, 0.29) is 5.91 Å². The molecule has 1 rings (SSSR count). The monoisotopic (exact) mass is 154 g/mol. The van der Waals surface area contributed by atoms with Crippen LogP contribution in [0.3, 0.4) is 0 Å². The first-order valence-corrected chi connectivity index (χ1v) is 3.73. The minimum Gasteiger partial charge on any atom is -0.336 e. The first-order valence-electron chi connectivity index (χ1n) is 3.73. The highest BCUT2D eigenvalue weighted by molar-refractivity contribution is 5.87. The average molecular weight is 154 g/mol. The van der Waals surface area contributed by atoms with Gasteiger partial charge in [0.25, 0.3) is 0 Å². The van der Waals surface area contributed by atoms with Gasteiger partial charge in [0.05, 0.1) is 0 Å². The zero-order valence-electron chi connectivity index (χ0n) is 7.08. The third-order valence-corrected chi connectivity index (χ3v) is 2.08. The number of amides is 1. The van der Waals surface area contributed by atoms with E-state index in [1.807, 2.05) is 14.1 Å². The van der Waals surface area contributed by atoms with Gasteiger partial charge in [0.2, 0.25) is 5.91 Å². The van der Waals surface area contributed by atoms with Crippen molar-refractivity contribution >= 4 is 5.91 Å². The number of carbonyl (C=O) groups is 1. The molecule has 0 atom stereocenters. The number of nitrogens with zero attached hydrogens (tertiary/aromatic N) is 2. The first-order chi connectivity index (χ1) is 5.15. The minimum absolute atomic E-state index is 0.0445. The fraction of sp³-hybridized carbons (Fsp3) is 0.625. The molecule has 1 fully saturated rings. The standard InChI is InChI=1S/C8H14N2O/c1-4-8(11)10-5-7(6-10)9(2)3/h4,7H,1,5-6H2,2-3H3. The molecule has 0 spiro atoms. The molecule has 0 aromatic carbocycles. The highest BCUT2D eigenvalue weighted by Crippen LogP contribution is 2.11. The van der Waals surface area contributed by atoms with E-state index < -0.39 is 0 Å². The zero-order valence-corrected chi connectivity index (χ0v) is 7.08. The van der Waals surface area contributed by atoms with Crippen LogP contribution in [0.2, 0.25) is 0 Å². The molecule has 0 aliphatic carbocycles. The maximum Gasteiger partial charge on any atom is 0.246 e. The van der Waals surface area contributed by atoms with Gasteiger partial charge in [-0.1, -0.05) is 6.58 Å². The molecule has 1 saturated heterocycles. The lowest BCUT2D eigenvalue weighted by atomic mass is 10.1. The average Bonchev–Trinajstić information content (AvgIpc) is 1.83. The minimum atomic E-state index is 0.0445. The van der Waals surface area contributed by atoms with Crippen LogP contribution in [0.15, 0.2) is 12.7 Å². The molecule has 0 saturated carbocycles. The second-order valence-electron chi connectivity index (χ2n) is 3.06. The van der Waals surface area contributed by atoms with Gasteiger partial charge in [-0.3, -0.25) is 4.79 Å². The van der Waals surface area contributed by atoms with Crippen molar-refractivity contribution in [3.63, 3.8) is 0 Å². The van der Waals surface area contributed by atoms with Crippen molar-refractivity contribution in [3.8, 4) is 0 Å². The van der Waals surface area contributed by atoms with Gasteiger partial charge in [-0.05, 0) is 20.2 Å². The van der Waals surface area contributed by atoms with E-state index in [9.17, 15) is 4.79 Å². The lowest BCUT2D eigenvalue weighted by molar-refractivity contribution is -0.132. The molecule has 0 bridgehead atoms. The Bertz CT molecular complexity index is 171. The summed E-state index contributed by atoms with van der Waals surface area (Å²) in [7, 11) is 4.06. The Morgan fingerprint density at radius 3 is 2.55 bits per heavy atom. The van der Waals surface area contributed by atoms with E-state index in [2.05, 4.69) is 11.5 Å². The van der Waals surface area contributed by atoms with Gasteiger partial charge in [0, 0.05) is 19.1 Å². The number of likely N-dealkylation sites (tertiary alicyclic amines) is 1. The lowest BCUT2D eigenvalue weighted by Crippen LogP contribution is -2.58. The van der Waals surface area contributed by atoms with Crippen molar-refractivity contribution in [3.05, 3.63) is 12.7 Å². The quantitative estimate of drug-likeness (QED) is 0.520. The highest BCUT2D eigenvalue weighted by Gasteiger charge is 2.30. The Morgan fingerprint density at radius 1 is 1.64 bits per heavy atom. The largest absolute Gasteiger partial charge is 0.336 e. The van der Waals surface area contributed by atoms with E-state index >= 15 is 0 Å². The Labute approximate surface area is 67.3 Å². The molecule has 1 amide bonds. The van der Waals surface area contributed by atoms with E-state index in [0.717, 1.165) is 13.1 Å². The molecule has 0 N–H and O–H groups in total. The summed E-state index contributed by atoms with van der Waals surface area (Å²) >= 11 is 0. The van der Waals surface area contributed by atoms with E-state index in [4.69, 9.17) is 0 Å². The number of hydrogen-bond donors (Lipinski definition) is 0. The zero-order chi connectivity index (χ0) is 8.43. The van der Waals surface area contributed by atoms with Gasteiger partial charge in [-0.25, -0.2) is 0 Å². The van der Waals surface area contributed by atoms with Crippen molar-refractivity contribution in [2.45, 2.75) is 6.04 Å². The molecule has 62 valence electrons. The molecule has 1 aliphatic rings. The fourth-order valence-electron chi connectivity index (χ4n) is 1.09. The Balaban J connectivity index is 2.29. The fourth-order valence-corrected chi connectivity index (χ4v) is 1.09. The van der Waals surface area contributed by atoms with Crippen LogP contribution < -0.4 is 0 Å². The van der Waals surface area contributed by atoms with E-state index in [0.29, 0.717) is 6.04 Å². The van der Waals surface area contributed by atoms with Gasteiger partial charge in [0.1, 0.15) is 0 Å². The first kappa shape index (κ1) is 8.27. The summed E-state index contributed by atoms with van der Waals surface area (Å²) in [6.45, 7) is 5.12. The summed E-state index contributed by atoms with van der Waals surface area (Å²) in [5, 5.41) is 0. The van der Waals surface area contributed by atoms with E-state index in [1.165, 1.54) is 6.08 Å². The number of hydrogen-bond acceptors (Lipinski definition) is 2. The number of carbonyl (C=O) groups excluding carboxylic acids is 1. The molecule has 1 heterocycles. The van der Waals surface area contributed by atoms with Crippen LogP contribution >= 0.6 is 0 Å². The smallest absolute Gasteiger partial charge is 0.246 e. The lowest BCUT2D eigenvalue weighted by Gasteiger charge is -2.42. The van der Waals surface area contributed by atoms with Crippen LogP contribution in [-0.4, -0.2) is 48.9 Å². The van der Waals surface area contributed by atoms with Gasteiger partial charge < -0.3 is 9.80 Å². The summed E-state index contributed by atoms with van der Waals surface area (Å²) in [6, 6.07) is 0.541. The molecule has 11 heavy (non-hydrogen) atoms. The normalized spacial score (nSPS) is 18.3. The molecule has 3 nitrogen and oxygen atoms in total.